The van der Waals surface area contributed by atoms with Crippen LogP contribution in [-0.2, 0) is 26.2 Å². The Morgan fingerprint density at radius 3 is 2.38 bits per heavy atom. The molecule has 29 heavy (non-hydrogen) atoms. The smallest absolute Gasteiger partial charge is 0.241 e. The molecule has 1 heterocycles. The molecular weight excluding hydrogens is 414 g/mol. The van der Waals surface area contributed by atoms with Gasteiger partial charge in [0.05, 0.1) is 10.9 Å². The average Bonchev–Trinajstić information content (AvgIpc) is 3.12. The molecule has 0 radical (unpaired) electrons. The number of halogens is 1. The fourth-order valence-corrected chi connectivity index (χ4v) is 4.35. The van der Waals surface area contributed by atoms with E-state index >= 15 is 0 Å². The summed E-state index contributed by atoms with van der Waals surface area (Å²) >= 11 is 5.77. The summed E-state index contributed by atoms with van der Waals surface area (Å²) in [6, 6.07) is 12.1. The molecule has 9 heteroatoms. The molecule has 2 aromatic carbocycles. The molecule has 2 aromatic rings. The summed E-state index contributed by atoms with van der Waals surface area (Å²) in [4.78, 5) is 25.9. The fourth-order valence-electron chi connectivity index (χ4n) is 3.03. The number of carbonyl (C=O) groups is 2. The van der Waals surface area contributed by atoms with E-state index in [0.29, 0.717) is 11.4 Å². The van der Waals surface area contributed by atoms with Crippen LogP contribution in [0.4, 0.5) is 5.69 Å². The summed E-state index contributed by atoms with van der Waals surface area (Å²) in [5.74, 6) is -0.325. The molecule has 0 bridgehead atoms. The Bertz CT molecular complexity index is 991. The number of sulfonamides is 1. The Hall–Kier alpha value is -2.42. The van der Waals surface area contributed by atoms with E-state index in [9.17, 15) is 18.0 Å². The van der Waals surface area contributed by atoms with Crippen molar-refractivity contribution < 1.29 is 18.0 Å². The minimum Gasteiger partial charge on any atom is -0.351 e. The van der Waals surface area contributed by atoms with E-state index in [-0.39, 0.29) is 17.3 Å². The van der Waals surface area contributed by atoms with Crippen molar-refractivity contribution in [3.05, 3.63) is 59.1 Å². The number of amides is 2. The molecule has 0 aromatic heterocycles. The maximum atomic E-state index is 12.4. The van der Waals surface area contributed by atoms with Crippen LogP contribution in [0.1, 0.15) is 25.3 Å². The van der Waals surface area contributed by atoms with Gasteiger partial charge in [-0.25, -0.2) is 8.42 Å². The molecule has 0 saturated carbocycles. The second kappa shape index (κ2) is 8.94. The molecule has 1 fully saturated rings. The van der Waals surface area contributed by atoms with E-state index in [1.165, 1.54) is 31.2 Å². The maximum Gasteiger partial charge on any atom is 0.241 e. The number of nitrogens with one attached hydrogen (secondary N) is 2. The predicted molar refractivity (Wildman–Crippen MR) is 111 cm³/mol. The summed E-state index contributed by atoms with van der Waals surface area (Å²) in [5, 5.41) is 3.14. The molecule has 1 aliphatic rings. The van der Waals surface area contributed by atoms with Crippen LogP contribution in [0.2, 0.25) is 5.02 Å². The number of nitrogens with zero attached hydrogens (tertiary/aromatic N) is 1. The lowest BCUT2D eigenvalue weighted by Crippen LogP contribution is -2.44. The van der Waals surface area contributed by atoms with Gasteiger partial charge < -0.3 is 10.2 Å². The highest BCUT2D eigenvalue weighted by Gasteiger charge is 2.23. The van der Waals surface area contributed by atoms with Gasteiger partial charge in [-0.05, 0) is 55.3 Å². The lowest BCUT2D eigenvalue weighted by Gasteiger charge is -2.17. The first-order valence-corrected chi connectivity index (χ1v) is 11.1. The van der Waals surface area contributed by atoms with E-state index in [1.54, 1.807) is 4.90 Å². The van der Waals surface area contributed by atoms with Gasteiger partial charge in [0, 0.05) is 30.2 Å². The summed E-state index contributed by atoms with van der Waals surface area (Å²) in [5.41, 5.74) is 1.69. The van der Waals surface area contributed by atoms with Crippen LogP contribution in [-0.4, -0.2) is 32.8 Å². The van der Waals surface area contributed by atoms with Crippen LogP contribution in [0, 0.1) is 0 Å². The van der Waals surface area contributed by atoms with Crippen molar-refractivity contribution in [3.8, 4) is 0 Å². The molecule has 1 unspecified atom stereocenters. The number of carbonyl (C=O) groups excluding carboxylic acids is 2. The average molecular weight is 436 g/mol. The molecule has 1 aliphatic heterocycles. The first-order valence-electron chi connectivity index (χ1n) is 9.21. The van der Waals surface area contributed by atoms with Crippen LogP contribution in [0.25, 0.3) is 0 Å². The molecule has 3 rings (SSSR count). The van der Waals surface area contributed by atoms with Crippen LogP contribution >= 0.6 is 11.6 Å². The van der Waals surface area contributed by atoms with Crippen LogP contribution < -0.4 is 14.9 Å². The minimum absolute atomic E-state index is 0.0357. The van der Waals surface area contributed by atoms with Crippen LogP contribution in [0.3, 0.4) is 0 Å². The van der Waals surface area contributed by atoms with Crippen LogP contribution in [0.15, 0.2) is 53.4 Å². The number of benzene rings is 2. The number of hydrogen-bond donors (Lipinski definition) is 2. The van der Waals surface area contributed by atoms with Crippen LogP contribution in [0.5, 0.6) is 0 Å². The largest absolute Gasteiger partial charge is 0.351 e. The minimum atomic E-state index is -3.83. The molecule has 7 nitrogen and oxygen atoms in total. The Kier molecular flexibility index (Phi) is 6.56. The Morgan fingerprint density at radius 1 is 1.14 bits per heavy atom. The highest BCUT2D eigenvalue weighted by molar-refractivity contribution is 7.89. The molecule has 1 saturated heterocycles. The second-order valence-electron chi connectivity index (χ2n) is 6.83. The molecule has 0 aliphatic carbocycles. The molecule has 154 valence electrons. The fraction of sp³-hybridized carbons (Fsp3) is 0.300. The highest BCUT2D eigenvalue weighted by atomic mass is 35.5. The second-order valence-corrected chi connectivity index (χ2v) is 8.98. The third kappa shape index (κ3) is 5.35. The summed E-state index contributed by atoms with van der Waals surface area (Å²) in [6.45, 7) is 2.45. The predicted octanol–water partition coefficient (Wildman–Crippen LogP) is 2.45. The van der Waals surface area contributed by atoms with Gasteiger partial charge in [0.1, 0.15) is 0 Å². The zero-order valence-electron chi connectivity index (χ0n) is 15.9. The van der Waals surface area contributed by atoms with Crippen molar-refractivity contribution in [1.29, 1.82) is 0 Å². The van der Waals surface area contributed by atoms with Gasteiger partial charge in [-0.15, -0.1) is 0 Å². The molecular formula is C20H22ClN3O4S. The van der Waals surface area contributed by atoms with Gasteiger partial charge in [-0.2, -0.15) is 4.72 Å². The van der Waals surface area contributed by atoms with Gasteiger partial charge in [0.2, 0.25) is 21.8 Å². The lowest BCUT2D eigenvalue weighted by molar-refractivity contribution is -0.122. The first-order chi connectivity index (χ1) is 13.8. The zero-order chi connectivity index (χ0) is 21.0. The van der Waals surface area contributed by atoms with Crippen molar-refractivity contribution in [2.45, 2.75) is 37.2 Å². The maximum absolute atomic E-state index is 12.4. The topological polar surface area (TPSA) is 95.6 Å². The van der Waals surface area contributed by atoms with Gasteiger partial charge in [-0.3, -0.25) is 9.59 Å². The number of hydrogen-bond acceptors (Lipinski definition) is 4. The van der Waals surface area contributed by atoms with E-state index < -0.39 is 22.0 Å². The Balaban J connectivity index is 1.54. The zero-order valence-corrected chi connectivity index (χ0v) is 17.5. The number of anilines is 1. The van der Waals surface area contributed by atoms with Gasteiger partial charge >= 0.3 is 0 Å². The van der Waals surface area contributed by atoms with E-state index in [4.69, 9.17) is 11.6 Å². The van der Waals surface area contributed by atoms with Crippen molar-refractivity contribution in [2.24, 2.45) is 0 Å². The molecule has 2 N–H and O–H groups in total. The van der Waals surface area contributed by atoms with Crippen molar-refractivity contribution in [3.63, 3.8) is 0 Å². The van der Waals surface area contributed by atoms with E-state index in [0.717, 1.165) is 24.2 Å². The third-order valence-electron chi connectivity index (χ3n) is 4.64. The molecule has 0 spiro atoms. The van der Waals surface area contributed by atoms with E-state index in [2.05, 4.69) is 10.0 Å². The quantitative estimate of drug-likeness (QED) is 0.698. The monoisotopic (exact) mass is 435 g/mol. The highest BCUT2D eigenvalue weighted by Crippen LogP contribution is 2.21. The number of rotatable bonds is 7. The van der Waals surface area contributed by atoms with Gasteiger partial charge in [0.15, 0.2) is 0 Å². The molecule has 2 amide bonds. The third-order valence-corrected chi connectivity index (χ3v) is 6.45. The standard InChI is InChI=1S/C20H22ClN3O4S/c1-14(23-29(27,28)18-10-6-16(21)7-11-18)20(26)22-13-15-4-8-17(9-5-15)24-12-2-3-19(24)25/h4-11,14,23H,2-3,12-13H2,1H3,(H,22,26). The van der Waals surface area contributed by atoms with Crippen molar-refractivity contribution in [2.75, 3.05) is 11.4 Å². The Morgan fingerprint density at radius 2 is 1.79 bits per heavy atom. The van der Waals surface area contributed by atoms with Crippen molar-refractivity contribution in [1.82, 2.24) is 10.0 Å². The van der Waals surface area contributed by atoms with Gasteiger partial charge in [0.25, 0.3) is 0 Å². The summed E-state index contributed by atoms with van der Waals surface area (Å²) < 4.78 is 27.1. The lowest BCUT2D eigenvalue weighted by atomic mass is 10.2. The normalized spacial score (nSPS) is 15.4. The SMILES string of the molecule is CC(NS(=O)(=O)c1ccc(Cl)cc1)C(=O)NCc1ccc(N2CCCC2=O)cc1. The molecule has 1 atom stereocenters. The van der Waals surface area contributed by atoms with E-state index in [1.807, 2.05) is 24.3 Å². The Labute approximate surface area is 175 Å². The van der Waals surface area contributed by atoms with Crippen molar-refractivity contribution >= 4 is 39.1 Å². The van der Waals surface area contributed by atoms with Gasteiger partial charge in [-0.1, -0.05) is 23.7 Å². The summed E-state index contributed by atoms with van der Waals surface area (Å²) in [6.07, 6.45) is 1.43. The first kappa shape index (κ1) is 21.3. The summed E-state index contributed by atoms with van der Waals surface area (Å²) in [7, 11) is -3.83.